The van der Waals surface area contributed by atoms with Crippen molar-refractivity contribution in [2.24, 2.45) is 0 Å². The van der Waals surface area contributed by atoms with Crippen molar-refractivity contribution < 1.29 is 14.6 Å². The van der Waals surface area contributed by atoms with Gasteiger partial charge < -0.3 is 15.2 Å². The molecule has 1 heterocycles. The zero-order valence-corrected chi connectivity index (χ0v) is 14.8. The molecule has 1 amide bonds. The van der Waals surface area contributed by atoms with Crippen molar-refractivity contribution in [1.29, 1.82) is 0 Å². The minimum Gasteiger partial charge on any atom is -0.509 e. The van der Waals surface area contributed by atoms with Crippen LogP contribution in [0.25, 0.3) is 5.57 Å². The maximum absolute atomic E-state index is 12.8. The van der Waals surface area contributed by atoms with E-state index < -0.39 is 5.54 Å². The predicted octanol–water partition coefficient (Wildman–Crippen LogP) is 3.54. The Bertz CT molecular complexity index is 647. The number of carbonyl (C=O) groups is 1. The number of hydrogen-bond acceptors (Lipinski definition) is 3. The zero-order chi connectivity index (χ0) is 17.3. The number of methoxy groups -OCH3 is 1. The Hall–Kier alpha value is -1.81. The normalized spacial score (nSPS) is 27.0. The summed E-state index contributed by atoms with van der Waals surface area (Å²) in [7, 11) is 1.72. The number of aryl methyl sites for hydroxylation is 2. The molecule has 24 heavy (non-hydrogen) atoms. The van der Waals surface area contributed by atoms with E-state index in [0.29, 0.717) is 5.57 Å². The minimum absolute atomic E-state index is 0.140. The third-order valence-electron chi connectivity index (χ3n) is 5.64. The molecular formula is C20H27NO3. The van der Waals surface area contributed by atoms with E-state index in [1.807, 2.05) is 6.07 Å². The van der Waals surface area contributed by atoms with Crippen LogP contribution in [0.3, 0.4) is 0 Å². The summed E-state index contributed by atoms with van der Waals surface area (Å²) in [6.07, 6.45) is 5.05. The molecule has 2 aliphatic rings. The van der Waals surface area contributed by atoms with Gasteiger partial charge in [-0.25, -0.2) is 0 Å². The quantitative estimate of drug-likeness (QED) is 0.888. The van der Waals surface area contributed by atoms with Gasteiger partial charge in [-0.3, -0.25) is 4.79 Å². The van der Waals surface area contributed by atoms with Gasteiger partial charge in [0.1, 0.15) is 5.76 Å². The first kappa shape index (κ1) is 17.0. The Balaban J connectivity index is 2.07. The van der Waals surface area contributed by atoms with Crippen molar-refractivity contribution in [1.82, 2.24) is 5.32 Å². The van der Waals surface area contributed by atoms with Crippen molar-refractivity contribution in [3.05, 3.63) is 40.6 Å². The van der Waals surface area contributed by atoms with Crippen LogP contribution in [0.5, 0.6) is 0 Å². The van der Waals surface area contributed by atoms with Gasteiger partial charge in [-0.05, 0) is 55.2 Å². The molecule has 0 atom stereocenters. The SMILES string of the molecule is CCc1cccc(CC)c1C1=C(O)C2(CCC(OC)CC2)NC1=O. The van der Waals surface area contributed by atoms with Gasteiger partial charge in [-0.1, -0.05) is 32.0 Å². The fraction of sp³-hybridized carbons (Fsp3) is 0.550. The number of aliphatic hydroxyl groups excluding tert-OH is 1. The van der Waals surface area contributed by atoms with E-state index >= 15 is 0 Å². The summed E-state index contributed by atoms with van der Waals surface area (Å²) in [6, 6.07) is 6.13. The lowest BCUT2D eigenvalue weighted by Gasteiger charge is -2.36. The average Bonchev–Trinajstić information content (AvgIpc) is 2.84. The van der Waals surface area contributed by atoms with Crippen LogP contribution in [0.15, 0.2) is 24.0 Å². The molecule has 1 aromatic carbocycles. The molecule has 1 aliphatic carbocycles. The van der Waals surface area contributed by atoms with Gasteiger partial charge >= 0.3 is 0 Å². The van der Waals surface area contributed by atoms with Crippen molar-refractivity contribution in [2.45, 2.75) is 64.0 Å². The molecule has 1 saturated carbocycles. The molecule has 0 aromatic heterocycles. The van der Waals surface area contributed by atoms with E-state index in [-0.39, 0.29) is 17.8 Å². The number of ether oxygens (including phenoxy) is 1. The van der Waals surface area contributed by atoms with E-state index in [9.17, 15) is 9.90 Å². The van der Waals surface area contributed by atoms with Gasteiger partial charge in [0, 0.05) is 7.11 Å². The van der Waals surface area contributed by atoms with E-state index in [2.05, 4.69) is 31.3 Å². The summed E-state index contributed by atoms with van der Waals surface area (Å²) >= 11 is 0. The molecule has 0 saturated heterocycles. The number of benzene rings is 1. The van der Waals surface area contributed by atoms with Crippen LogP contribution in [0, 0.1) is 0 Å². The van der Waals surface area contributed by atoms with Crippen LogP contribution in [-0.2, 0) is 22.4 Å². The molecule has 0 bridgehead atoms. The van der Waals surface area contributed by atoms with Crippen molar-refractivity contribution in [3.63, 3.8) is 0 Å². The molecule has 0 unspecified atom stereocenters. The summed E-state index contributed by atoms with van der Waals surface area (Å²) < 4.78 is 5.43. The largest absolute Gasteiger partial charge is 0.509 e. The lowest BCUT2D eigenvalue weighted by molar-refractivity contribution is -0.116. The van der Waals surface area contributed by atoms with E-state index in [0.717, 1.165) is 55.2 Å². The second-order valence-corrected chi connectivity index (χ2v) is 6.85. The molecule has 2 N–H and O–H groups in total. The second-order valence-electron chi connectivity index (χ2n) is 6.85. The number of carbonyl (C=O) groups excluding carboxylic acids is 1. The van der Waals surface area contributed by atoms with Crippen LogP contribution < -0.4 is 5.32 Å². The third-order valence-corrected chi connectivity index (χ3v) is 5.64. The predicted molar refractivity (Wildman–Crippen MR) is 94.9 cm³/mol. The highest BCUT2D eigenvalue weighted by molar-refractivity contribution is 6.24. The number of rotatable bonds is 4. The molecular weight excluding hydrogens is 302 g/mol. The Morgan fingerprint density at radius 1 is 1.21 bits per heavy atom. The van der Waals surface area contributed by atoms with Crippen LogP contribution in [0.2, 0.25) is 0 Å². The second kappa shape index (κ2) is 6.60. The topological polar surface area (TPSA) is 58.6 Å². The summed E-state index contributed by atoms with van der Waals surface area (Å²) in [4.78, 5) is 12.8. The van der Waals surface area contributed by atoms with E-state index in [1.165, 1.54) is 0 Å². The first-order valence-corrected chi connectivity index (χ1v) is 8.96. The van der Waals surface area contributed by atoms with Gasteiger partial charge in [0.05, 0.1) is 17.2 Å². The molecule has 3 rings (SSSR count). The first-order valence-electron chi connectivity index (χ1n) is 8.96. The van der Waals surface area contributed by atoms with Crippen LogP contribution >= 0.6 is 0 Å². The number of aliphatic hydroxyl groups is 1. The monoisotopic (exact) mass is 329 g/mol. The lowest BCUT2D eigenvalue weighted by Crippen LogP contribution is -2.48. The average molecular weight is 329 g/mol. The van der Waals surface area contributed by atoms with E-state index in [1.54, 1.807) is 7.11 Å². The van der Waals surface area contributed by atoms with Gasteiger partial charge in [0.15, 0.2) is 0 Å². The van der Waals surface area contributed by atoms with Crippen molar-refractivity contribution in [2.75, 3.05) is 7.11 Å². The molecule has 1 aliphatic heterocycles. The standard InChI is InChI=1S/C20H27NO3/c1-4-13-7-6-8-14(5-2)16(13)17-18(22)20(21-19(17)23)11-9-15(24-3)10-12-20/h6-8,15,22H,4-5,9-12H2,1-3H3,(H,21,23). The highest BCUT2D eigenvalue weighted by Gasteiger charge is 2.48. The fourth-order valence-corrected chi connectivity index (χ4v) is 4.16. The molecule has 130 valence electrons. The molecule has 1 spiro atoms. The Morgan fingerprint density at radius 3 is 2.29 bits per heavy atom. The van der Waals surface area contributed by atoms with Gasteiger partial charge in [0.25, 0.3) is 5.91 Å². The highest BCUT2D eigenvalue weighted by Crippen LogP contribution is 2.43. The molecule has 4 nitrogen and oxygen atoms in total. The van der Waals surface area contributed by atoms with Crippen LogP contribution in [-0.4, -0.2) is 29.8 Å². The maximum atomic E-state index is 12.8. The molecule has 1 fully saturated rings. The summed E-state index contributed by atoms with van der Waals surface area (Å²) in [5, 5.41) is 14.1. The summed E-state index contributed by atoms with van der Waals surface area (Å²) in [6.45, 7) is 4.17. The Labute approximate surface area is 143 Å². The minimum atomic E-state index is -0.604. The van der Waals surface area contributed by atoms with Crippen LogP contribution in [0.1, 0.15) is 56.2 Å². The van der Waals surface area contributed by atoms with Gasteiger partial charge in [-0.2, -0.15) is 0 Å². The Morgan fingerprint density at radius 2 is 1.79 bits per heavy atom. The molecule has 4 heteroatoms. The summed E-state index contributed by atoms with van der Waals surface area (Å²) in [5.41, 5.74) is 3.05. The van der Waals surface area contributed by atoms with Gasteiger partial charge in [0.2, 0.25) is 0 Å². The summed E-state index contributed by atoms with van der Waals surface area (Å²) in [5.74, 6) is 0.0941. The smallest absolute Gasteiger partial charge is 0.256 e. The van der Waals surface area contributed by atoms with E-state index in [4.69, 9.17) is 4.74 Å². The van der Waals surface area contributed by atoms with Gasteiger partial charge in [-0.15, -0.1) is 0 Å². The Kier molecular flexibility index (Phi) is 4.68. The zero-order valence-electron chi connectivity index (χ0n) is 14.8. The highest BCUT2D eigenvalue weighted by atomic mass is 16.5. The van der Waals surface area contributed by atoms with Crippen LogP contribution in [0.4, 0.5) is 0 Å². The molecule has 1 aromatic rings. The third kappa shape index (κ3) is 2.63. The van der Waals surface area contributed by atoms with Crippen molar-refractivity contribution in [3.8, 4) is 0 Å². The maximum Gasteiger partial charge on any atom is 0.256 e. The van der Waals surface area contributed by atoms with Crippen molar-refractivity contribution >= 4 is 11.5 Å². The number of amides is 1. The fourth-order valence-electron chi connectivity index (χ4n) is 4.16. The molecule has 0 radical (unpaired) electrons. The number of nitrogens with one attached hydrogen (secondary N) is 1. The first-order chi connectivity index (χ1) is 11.6. The number of hydrogen-bond donors (Lipinski definition) is 2. The lowest BCUT2D eigenvalue weighted by atomic mass is 9.78.